The number of nitrogen functional groups attached to an aromatic ring is 1. The highest BCUT2D eigenvalue weighted by atomic mass is 15.2. The normalized spacial score (nSPS) is 17.2. The summed E-state index contributed by atoms with van der Waals surface area (Å²) in [4.78, 5) is 16.8. The number of likely N-dealkylation sites (tertiary alicyclic amines) is 1. The van der Waals surface area contributed by atoms with Gasteiger partial charge in [0.25, 0.3) is 0 Å². The fraction of sp³-hybridized carbons (Fsp3) is 0.333. The van der Waals surface area contributed by atoms with E-state index in [2.05, 4.69) is 68.5 Å². The second kappa shape index (κ2) is 13.2. The number of allylic oxidation sites excluding steroid dienone is 4. The van der Waals surface area contributed by atoms with Crippen molar-refractivity contribution in [3.05, 3.63) is 84.2 Å². The van der Waals surface area contributed by atoms with E-state index in [0.717, 1.165) is 91.2 Å². The van der Waals surface area contributed by atoms with Crippen molar-refractivity contribution in [1.82, 2.24) is 29.7 Å². The van der Waals surface area contributed by atoms with Crippen molar-refractivity contribution in [2.75, 3.05) is 18.8 Å². The predicted octanol–water partition coefficient (Wildman–Crippen LogP) is 6.25. The van der Waals surface area contributed by atoms with E-state index in [0.29, 0.717) is 5.82 Å². The van der Waals surface area contributed by atoms with Gasteiger partial charge in [-0.1, -0.05) is 50.6 Å². The number of anilines is 1. The molecule has 0 saturated carbocycles. The first-order chi connectivity index (χ1) is 20.2. The molecule has 4 heterocycles. The van der Waals surface area contributed by atoms with Gasteiger partial charge in [0.15, 0.2) is 17.7 Å². The lowest BCUT2D eigenvalue weighted by atomic mass is 10.0. The largest absolute Gasteiger partial charge is 0.383 e. The number of nitrogens with one attached hydrogen (secondary N) is 1. The molecule has 0 bridgehead atoms. The molecular formula is C33H38N8. The number of benzene rings is 1. The Morgan fingerprint density at radius 2 is 1.90 bits per heavy atom. The molecule has 1 aliphatic carbocycles. The average molecular weight is 547 g/mol. The third-order valence-corrected chi connectivity index (χ3v) is 7.50. The van der Waals surface area contributed by atoms with E-state index >= 15 is 0 Å². The van der Waals surface area contributed by atoms with Crippen LogP contribution in [0.4, 0.5) is 5.82 Å². The Balaban J connectivity index is 0.00000165. The van der Waals surface area contributed by atoms with Crippen molar-refractivity contribution in [3.8, 4) is 23.3 Å². The molecule has 1 fully saturated rings. The van der Waals surface area contributed by atoms with Gasteiger partial charge in [-0.25, -0.2) is 15.0 Å². The Hall–Kier alpha value is -4.48. The Morgan fingerprint density at radius 1 is 1.05 bits per heavy atom. The Kier molecular flexibility index (Phi) is 9.07. The van der Waals surface area contributed by atoms with Crippen molar-refractivity contribution in [2.45, 2.75) is 58.5 Å². The SMILES string of the molecule is CC.N#CNC1CCCCN(Cc2ccc(-n3c(-c4cccnc4N)nc4ccc(C5=CCCC=C5)nc43)cc2)C1. The first kappa shape index (κ1) is 28.1. The minimum atomic E-state index is 0.218. The summed E-state index contributed by atoms with van der Waals surface area (Å²) in [6, 6.07) is 16.7. The molecule has 3 N–H and O–H groups in total. The fourth-order valence-electron chi connectivity index (χ4n) is 5.53. The monoisotopic (exact) mass is 546 g/mol. The summed E-state index contributed by atoms with van der Waals surface area (Å²) in [5, 5.41) is 12.0. The molecule has 6 rings (SSSR count). The second-order valence-electron chi connectivity index (χ2n) is 10.2. The van der Waals surface area contributed by atoms with Crippen LogP contribution in [-0.4, -0.2) is 43.6 Å². The molecule has 1 aliphatic heterocycles. The molecule has 8 nitrogen and oxygen atoms in total. The number of imidazole rings is 1. The minimum absolute atomic E-state index is 0.218. The quantitative estimate of drug-likeness (QED) is 0.217. The number of fused-ring (bicyclic) bond motifs is 1. The first-order valence-electron chi connectivity index (χ1n) is 14.6. The molecule has 1 unspecified atom stereocenters. The van der Waals surface area contributed by atoms with E-state index in [1.165, 1.54) is 5.56 Å². The average Bonchev–Trinajstić information content (AvgIpc) is 3.25. The number of pyridine rings is 2. The van der Waals surface area contributed by atoms with Crippen LogP contribution in [0.1, 0.15) is 57.2 Å². The number of hydrogen-bond donors (Lipinski definition) is 2. The van der Waals surface area contributed by atoms with Gasteiger partial charge in [0.2, 0.25) is 0 Å². The number of nitrogens with two attached hydrogens (primary N) is 1. The highest BCUT2D eigenvalue weighted by molar-refractivity contribution is 5.85. The van der Waals surface area contributed by atoms with Crippen LogP contribution >= 0.6 is 0 Å². The smallest absolute Gasteiger partial charge is 0.176 e. The molecule has 0 radical (unpaired) electrons. The van der Waals surface area contributed by atoms with Crippen molar-refractivity contribution in [3.63, 3.8) is 0 Å². The molecule has 1 saturated heterocycles. The molecule has 0 amide bonds. The summed E-state index contributed by atoms with van der Waals surface area (Å²) in [5.74, 6) is 1.16. The van der Waals surface area contributed by atoms with Crippen LogP contribution in [0, 0.1) is 11.5 Å². The minimum Gasteiger partial charge on any atom is -0.383 e. The highest BCUT2D eigenvalue weighted by Crippen LogP contribution is 2.32. The van der Waals surface area contributed by atoms with Crippen molar-refractivity contribution >= 4 is 22.6 Å². The molecule has 2 aliphatic rings. The molecule has 1 aromatic carbocycles. The van der Waals surface area contributed by atoms with Crippen LogP contribution in [0.2, 0.25) is 0 Å². The summed E-state index contributed by atoms with van der Waals surface area (Å²) >= 11 is 0. The molecule has 1 atom stereocenters. The summed E-state index contributed by atoms with van der Waals surface area (Å²) in [6.45, 7) is 6.77. The number of aromatic nitrogens is 4. The molecule has 8 heteroatoms. The van der Waals surface area contributed by atoms with Crippen LogP contribution in [0.5, 0.6) is 0 Å². The number of hydrogen-bond acceptors (Lipinski definition) is 7. The zero-order valence-electron chi connectivity index (χ0n) is 23.9. The predicted molar refractivity (Wildman–Crippen MR) is 166 cm³/mol. The van der Waals surface area contributed by atoms with Gasteiger partial charge in [0, 0.05) is 31.0 Å². The zero-order valence-corrected chi connectivity index (χ0v) is 23.9. The van der Waals surface area contributed by atoms with Crippen molar-refractivity contribution in [2.24, 2.45) is 0 Å². The zero-order chi connectivity index (χ0) is 28.6. The summed E-state index contributed by atoms with van der Waals surface area (Å²) in [5.41, 5.74) is 12.9. The second-order valence-corrected chi connectivity index (χ2v) is 10.2. The maximum Gasteiger partial charge on any atom is 0.176 e. The van der Waals surface area contributed by atoms with Gasteiger partial charge in [0.1, 0.15) is 11.3 Å². The number of nitrogens with zero attached hydrogens (tertiary/aromatic N) is 6. The van der Waals surface area contributed by atoms with E-state index < -0.39 is 0 Å². The Labute approximate surface area is 242 Å². The lowest BCUT2D eigenvalue weighted by Crippen LogP contribution is -2.37. The topological polar surface area (TPSA) is 109 Å². The van der Waals surface area contributed by atoms with Crippen molar-refractivity contribution < 1.29 is 0 Å². The summed E-state index contributed by atoms with van der Waals surface area (Å²) in [7, 11) is 0. The van der Waals surface area contributed by atoms with E-state index in [9.17, 15) is 0 Å². The standard InChI is InChI=1S/C31H32N8.C2H6/c32-21-35-24-9-4-5-18-38(20-24)19-22-11-13-25(14-12-22)39-30(26-10-6-17-34-29(26)33)37-28-16-15-27(36-31(28)39)23-7-2-1-3-8-23;1-2/h2,6-8,10-17,24,35H,1,3-5,9,18-20H2,(H2,33,34);1-2H3. The maximum atomic E-state index is 9.09. The molecule has 3 aromatic heterocycles. The van der Waals surface area contributed by atoms with Crippen LogP contribution in [0.25, 0.3) is 33.8 Å². The fourth-order valence-corrected chi connectivity index (χ4v) is 5.53. The van der Waals surface area contributed by atoms with Gasteiger partial charge >= 0.3 is 0 Å². The Morgan fingerprint density at radius 3 is 2.66 bits per heavy atom. The van der Waals surface area contributed by atoms with Gasteiger partial charge in [-0.15, -0.1) is 0 Å². The molecule has 0 spiro atoms. The van der Waals surface area contributed by atoms with Gasteiger partial charge in [0.05, 0.1) is 11.3 Å². The van der Waals surface area contributed by atoms with Gasteiger partial charge in [-0.3, -0.25) is 9.47 Å². The number of nitriles is 1. The van der Waals surface area contributed by atoms with Crippen LogP contribution in [0.3, 0.4) is 0 Å². The van der Waals surface area contributed by atoms with Crippen LogP contribution in [0.15, 0.2) is 73.0 Å². The molecule has 41 heavy (non-hydrogen) atoms. The van der Waals surface area contributed by atoms with E-state index in [-0.39, 0.29) is 6.04 Å². The summed E-state index contributed by atoms with van der Waals surface area (Å²) in [6.07, 6.45) is 15.8. The third-order valence-electron chi connectivity index (χ3n) is 7.50. The van der Waals surface area contributed by atoms with E-state index in [1.807, 2.05) is 38.1 Å². The lowest BCUT2D eigenvalue weighted by Gasteiger charge is -2.23. The molecule has 210 valence electrons. The van der Waals surface area contributed by atoms with Crippen LogP contribution < -0.4 is 11.1 Å². The molecule has 4 aromatic rings. The van der Waals surface area contributed by atoms with Gasteiger partial charge < -0.3 is 11.1 Å². The molecular weight excluding hydrogens is 508 g/mol. The van der Waals surface area contributed by atoms with Gasteiger partial charge in [-0.05, 0) is 79.8 Å². The Bertz CT molecular complexity index is 1580. The van der Waals surface area contributed by atoms with E-state index in [4.69, 9.17) is 21.0 Å². The lowest BCUT2D eigenvalue weighted by molar-refractivity contribution is 0.258. The van der Waals surface area contributed by atoms with Crippen LogP contribution in [-0.2, 0) is 6.54 Å². The third kappa shape index (κ3) is 6.31. The van der Waals surface area contributed by atoms with Crippen molar-refractivity contribution in [1.29, 1.82) is 5.26 Å². The number of rotatable bonds is 6. The highest BCUT2D eigenvalue weighted by Gasteiger charge is 2.20. The maximum absolute atomic E-state index is 9.09. The first-order valence-corrected chi connectivity index (χ1v) is 14.6. The van der Waals surface area contributed by atoms with E-state index in [1.54, 1.807) is 6.20 Å². The summed E-state index contributed by atoms with van der Waals surface area (Å²) < 4.78 is 2.09. The van der Waals surface area contributed by atoms with Gasteiger partial charge in [-0.2, -0.15) is 5.26 Å².